The lowest BCUT2D eigenvalue weighted by molar-refractivity contribution is 0.619. The molecule has 2 nitrogen and oxygen atoms in total. The molecule has 0 atom stereocenters. The van der Waals surface area contributed by atoms with Gasteiger partial charge in [0.05, 0.1) is 0 Å². The third kappa shape index (κ3) is 5.60. The van der Waals surface area contributed by atoms with Crippen molar-refractivity contribution in [1.29, 1.82) is 0 Å². The number of unbranched alkanes of at least 4 members (excludes halogenated alkanes) is 2. The highest BCUT2D eigenvalue weighted by Crippen LogP contribution is 2.20. The molecule has 108 valence electrons. The zero-order valence-electron chi connectivity index (χ0n) is 12.5. The summed E-state index contributed by atoms with van der Waals surface area (Å²) in [6.45, 7) is 7.12. The molecular formula is C16H27FN2. The second kappa shape index (κ2) is 8.92. The van der Waals surface area contributed by atoms with Gasteiger partial charge in [0.1, 0.15) is 5.82 Å². The van der Waals surface area contributed by atoms with Gasteiger partial charge < -0.3 is 10.2 Å². The van der Waals surface area contributed by atoms with Crippen LogP contribution >= 0.6 is 0 Å². The highest BCUT2D eigenvalue weighted by molar-refractivity contribution is 5.49. The fraction of sp³-hybridized carbons (Fsp3) is 0.625. The molecule has 1 aromatic carbocycles. The van der Waals surface area contributed by atoms with Crippen LogP contribution in [0.4, 0.5) is 10.1 Å². The van der Waals surface area contributed by atoms with Crippen LogP contribution < -0.4 is 10.2 Å². The van der Waals surface area contributed by atoms with Crippen LogP contribution in [0.1, 0.15) is 45.1 Å². The fourth-order valence-corrected chi connectivity index (χ4v) is 2.19. The summed E-state index contributed by atoms with van der Waals surface area (Å²) >= 11 is 0. The summed E-state index contributed by atoms with van der Waals surface area (Å²) in [7, 11) is 1.89. The maximum Gasteiger partial charge on any atom is 0.125 e. The molecule has 0 aliphatic heterocycles. The number of anilines is 1. The molecule has 0 radical (unpaired) electrons. The van der Waals surface area contributed by atoms with Crippen LogP contribution in [0.5, 0.6) is 0 Å². The molecule has 0 aliphatic carbocycles. The summed E-state index contributed by atoms with van der Waals surface area (Å²) in [5, 5.41) is 3.08. The van der Waals surface area contributed by atoms with Crippen LogP contribution in [-0.2, 0) is 6.54 Å². The Balaban J connectivity index is 2.85. The van der Waals surface area contributed by atoms with Gasteiger partial charge in [0.25, 0.3) is 0 Å². The van der Waals surface area contributed by atoms with Crippen molar-refractivity contribution in [3.63, 3.8) is 0 Å². The number of halogens is 1. The molecule has 1 aromatic rings. The predicted octanol–water partition coefficient (Wildman–Crippen LogP) is 3.95. The summed E-state index contributed by atoms with van der Waals surface area (Å²) in [6.07, 6.45) is 4.64. The van der Waals surface area contributed by atoms with Crippen molar-refractivity contribution >= 4 is 5.69 Å². The van der Waals surface area contributed by atoms with E-state index in [1.807, 2.05) is 7.05 Å². The monoisotopic (exact) mass is 266 g/mol. The van der Waals surface area contributed by atoms with Gasteiger partial charge in [-0.1, -0.05) is 26.7 Å². The van der Waals surface area contributed by atoms with Crippen molar-refractivity contribution in [2.45, 2.75) is 46.1 Å². The molecule has 3 heteroatoms. The van der Waals surface area contributed by atoms with Gasteiger partial charge in [-0.05, 0) is 43.7 Å². The molecule has 0 fully saturated rings. The molecule has 0 saturated heterocycles. The Bertz CT molecular complexity index is 358. The Hall–Kier alpha value is -1.09. The number of nitrogens with one attached hydrogen (secondary N) is 1. The van der Waals surface area contributed by atoms with E-state index < -0.39 is 0 Å². The molecule has 0 aliphatic rings. The van der Waals surface area contributed by atoms with Crippen molar-refractivity contribution in [3.8, 4) is 0 Å². The first-order valence-corrected chi connectivity index (χ1v) is 7.40. The van der Waals surface area contributed by atoms with Gasteiger partial charge in [0, 0.05) is 25.3 Å². The third-order valence-corrected chi connectivity index (χ3v) is 3.25. The average molecular weight is 266 g/mol. The van der Waals surface area contributed by atoms with Gasteiger partial charge in [-0.25, -0.2) is 4.39 Å². The van der Waals surface area contributed by atoms with Gasteiger partial charge in [0.2, 0.25) is 0 Å². The molecule has 0 unspecified atom stereocenters. The lowest BCUT2D eigenvalue weighted by atomic mass is 10.1. The lowest BCUT2D eigenvalue weighted by Gasteiger charge is -2.25. The van der Waals surface area contributed by atoms with E-state index in [9.17, 15) is 4.39 Å². The second-order valence-corrected chi connectivity index (χ2v) is 5.04. The second-order valence-electron chi connectivity index (χ2n) is 5.04. The fourth-order valence-electron chi connectivity index (χ4n) is 2.19. The van der Waals surface area contributed by atoms with Crippen molar-refractivity contribution in [2.24, 2.45) is 0 Å². The first kappa shape index (κ1) is 16.0. The molecule has 1 rings (SSSR count). The SMILES string of the molecule is CCCCN(CCCC)c1cc(F)cc(CNC)c1. The summed E-state index contributed by atoms with van der Waals surface area (Å²) in [5.41, 5.74) is 2.03. The first-order chi connectivity index (χ1) is 9.21. The number of hydrogen-bond acceptors (Lipinski definition) is 2. The van der Waals surface area contributed by atoms with Crippen LogP contribution in [0, 0.1) is 5.82 Å². The highest BCUT2D eigenvalue weighted by atomic mass is 19.1. The maximum absolute atomic E-state index is 13.7. The summed E-state index contributed by atoms with van der Waals surface area (Å²) in [5.74, 6) is -0.138. The molecule has 19 heavy (non-hydrogen) atoms. The van der Waals surface area contributed by atoms with Crippen LogP contribution in [0.2, 0.25) is 0 Å². The van der Waals surface area contributed by atoms with Crippen molar-refractivity contribution < 1.29 is 4.39 Å². The molecule has 1 N–H and O–H groups in total. The third-order valence-electron chi connectivity index (χ3n) is 3.25. The van der Waals surface area contributed by atoms with E-state index in [0.717, 1.165) is 37.2 Å². The largest absolute Gasteiger partial charge is 0.371 e. The first-order valence-electron chi connectivity index (χ1n) is 7.40. The quantitative estimate of drug-likeness (QED) is 0.728. The summed E-state index contributed by atoms with van der Waals surface area (Å²) in [4.78, 5) is 2.31. The van der Waals surface area contributed by atoms with Gasteiger partial charge in [0.15, 0.2) is 0 Å². The van der Waals surface area contributed by atoms with Gasteiger partial charge >= 0.3 is 0 Å². The minimum absolute atomic E-state index is 0.138. The van der Waals surface area contributed by atoms with E-state index in [0.29, 0.717) is 6.54 Å². The van der Waals surface area contributed by atoms with Crippen molar-refractivity contribution in [2.75, 3.05) is 25.0 Å². The van der Waals surface area contributed by atoms with E-state index in [1.165, 1.54) is 12.8 Å². The van der Waals surface area contributed by atoms with Crippen molar-refractivity contribution in [1.82, 2.24) is 5.32 Å². The minimum atomic E-state index is -0.138. The topological polar surface area (TPSA) is 15.3 Å². The average Bonchev–Trinajstić information content (AvgIpc) is 2.38. The van der Waals surface area contributed by atoms with Crippen LogP contribution in [0.25, 0.3) is 0 Å². The highest BCUT2D eigenvalue weighted by Gasteiger charge is 2.08. The Morgan fingerprint density at radius 1 is 1.05 bits per heavy atom. The number of rotatable bonds is 9. The van der Waals surface area contributed by atoms with E-state index in [1.54, 1.807) is 12.1 Å². The Labute approximate surface area is 117 Å². The van der Waals surface area contributed by atoms with E-state index in [2.05, 4.69) is 30.1 Å². The number of benzene rings is 1. The molecule has 0 bridgehead atoms. The van der Waals surface area contributed by atoms with Gasteiger partial charge in [-0.2, -0.15) is 0 Å². The van der Waals surface area contributed by atoms with Crippen LogP contribution in [0.15, 0.2) is 18.2 Å². The summed E-state index contributed by atoms with van der Waals surface area (Å²) < 4.78 is 13.7. The smallest absolute Gasteiger partial charge is 0.125 e. The summed E-state index contributed by atoms with van der Waals surface area (Å²) in [6, 6.07) is 5.37. The standard InChI is InChI=1S/C16H27FN2/c1-4-6-8-19(9-7-5-2)16-11-14(13-18-3)10-15(17)12-16/h10-12,18H,4-9,13H2,1-3H3. The molecule has 0 heterocycles. The van der Waals surface area contributed by atoms with E-state index in [4.69, 9.17) is 0 Å². The minimum Gasteiger partial charge on any atom is -0.371 e. The Kier molecular flexibility index (Phi) is 7.49. The normalized spacial score (nSPS) is 10.7. The number of nitrogens with zero attached hydrogens (tertiary/aromatic N) is 1. The zero-order chi connectivity index (χ0) is 14.1. The molecule has 0 spiro atoms. The number of hydrogen-bond donors (Lipinski definition) is 1. The van der Waals surface area contributed by atoms with Crippen LogP contribution in [0.3, 0.4) is 0 Å². The Morgan fingerprint density at radius 3 is 2.21 bits per heavy atom. The van der Waals surface area contributed by atoms with E-state index in [-0.39, 0.29) is 5.82 Å². The molecule has 0 aromatic heterocycles. The molecular weight excluding hydrogens is 239 g/mol. The van der Waals surface area contributed by atoms with Gasteiger partial charge in [-0.3, -0.25) is 0 Å². The lowest BCUT2D eigenvalue weighted by Crippen LogP contribution is -2.26. The van der Waals surface area contributed by atoms with Crippen LogP contribution in [-0.4, -0.2) is 20.1 Å². The maximum atomic E-state index is 13.7. The van der Waals surface area contributed by atoms with E-state index >= 15 is 0 Å². The predicted molar refractivity (Wildman–Crippen MR) is 81.2 cm³/mol. The molecule has 0 amide bonds. The van der Waals surface area contributed by atoms with Gasteiger partial charge in [-0.15, -0.1) is 0 Å². The molecule has 0 saturated carbocycles. The Morgan fingerprint density at radius 2 is 1.68 bits per heavy atom. The van der Waals surface area contributed by atoms with Crippen molar-refractivity contribution in [3.05, 3.63) is 29.6 Å². The zero-order valence-corrected chi connectivity index (χ0v) is 12.5.